The van der Waals surface area contributed by atoms with Crippen molar-refractivity contribution in [2.75, 3.05) is 54.1 Å². The zero-order chi connectivity index (χ0) is 36.8. The SMILES string of the molecule is C=C(CCOc1cc(-c2cc(-c3cc(OC)c(OC)c(OC)c3)on2)ccc1OC)COc1ccc(C2NC(=O)c3cc(Cl)ccc3N2)cc1OC. The Labute approximate surface area is 306 Å². The molecule has 0 bridgehead atoms. The summed E-state index contributed by atoms with van der Waals surface area (Å²) >= 11 is 6.07. The molecule has 1 aromatic heterocycles. The monoisotopic (exact) mass is 727 g/mol. The van der Waals surface area contributed by atoms with E-state index in [1.54, 1.807) is 71.9 Å². The van der Waals surface area contributed by atoms with Crippen molar-refractivity contribution in [3.8, 4) is 62.8 Å². The van der Waals surface area contributed by atoms with Crippen molar-refractivity contribution in [2.45, 2.75) is 12.6 Å². The summed E-state index contributed by atoms with van der Waals surface area (Å²) in [5.74, 6) is 3.95. The molecule has 5 aromatic rings. The lowest BCUT2D eigenvalue weighted by molar-refractivity contribution is 0.0935. The molecule has 0 saturated heterocycles. The summed E-state index contributed by atoms with van der Waals surface area (Å²) in [6, 6.07) is 21.6. The number of benzene rings is 4. The second-order valence-corrected chi connectivity index (χ2v) is 12.1. The molecular weight excluding hydrogens is 690 g/mol. The van der Waals surface area contributed by atoms with Crippen LogP contribution in [0.25, 0.3) is 22.6 Å². The third-order valence-corrected chi connectivity index (χ3v) is 8.62. The van der Waals surface area contributed by atoms with E-state index in [0.29, 0.717) is 86.6 Å². The number of hydrogen-bond donors (Lipinski definition) is 2. The van der Waals surface area contributed by atoms with Gasteiger partial charge in [-0.05, 0) is 71.8 Å². The standard InChI is InChI=1S/C39H38ClN3O9/c1-22(21-51-31-12-8-24(16-33(31)46-3)38-41-28-10-9-26(40)19-27(28)39(44)42-38)13-14-50-34-15-23(7-11-30(34)45-2)29-20-32(52-43-29)25-17-35(47-4)37(49-6)36(18-25)48-5/h7-12,15-20,38,41H,1,13-14,21H2,2-6H3,(H,42,44). The van der Waals surface area contributed by atoms with Crippen LogP contribution < -0.4 is 43.8 Å². The van der Waals surface area contributed by atoms with Crippen LogP contribution in [0.15, 0.2) is 89.5 Å². The van der Waals surface area contributed by atoms with Crippen molar-refractivity contribution in [3.05, 3.63) is 101 Å². The van der Waals surface area contributed by atoms with Crippen molar-refractivity contribution < 1.29 is 42.5 Å². The summed E-state index contributed by atoms with van der Waals surface area (Å²) in [6.07, 6.45) is 0.0598. The fourth-order valence-corrected chi connectivity index (χ4v) is 5.83. The molecule has 1 aliphatic rings. The van der Waals surface area contributed by atoms with Crippen LogP contribution >= 0.6 is 11.6 Å². The Bertz CT molecular complexity index is 2070. The van der Waals surface area contributed by atoms with Gasteiger partial charge in [0.1, 0.15) is 18.5 Å². The summed E-state index contributed by atoms with van der Waals surface area (Å²) in [5.41, 5.74) is 4.87. The van der Waals surface area contributed by atoms with Crippen LogP contribution in [0.5, 0.6) is 40.2 Å². The molecule has 1 amide bonds. The molecule has 2 heterocycles. The number of amides is 1. The van der Waals surface area contributed by atoms with Crippen LogP contribution in [0, 0.1) is 0 Å². The van der Waals surface area contributed by atoms with E-state index in [4.69, 9.17) is 49.3 Å². The molecule has 1 unspecified atom stereocenters. The zero-order valence-corrected chi connectivity index (χ0v) is 30.1. The Morgan fingerprint density at radius 2 is 1.46 bits per heavy atom. The first-order valence-electron chi connectivity index (χ1n) is 16.2. The van der Waals surface area contributed by atoms with Crippen LogP contribution in [0.2, 0.25) is 5.02 Å². The second kappa shape index (κ2) is 15.9. The van der Waals surface area contributed by atoms with Gasteiger partial charge in [-0.25, -0.2) is 0 Å². The van der Waals surface area contributed by atoms with Crippen LogP contribution in [-0.2, 0) is 0 Å². The van der Waals surface area contributed by atoms with Gasteiger partial charge in [-0.15, -0.1) is 0 Å². The van der Waals surface area contributed by atoms with Gasteiger partial charge < -0.3 is 48.3 Å². The summed E-state index contributed by atoms with van der Waals surface area (Å²) in [5, 5.41) is 11.1. The topological polar surface area (TPSA) is 132 Å². The van der Waals surface area contributed by atoms with Crippen molar-refractivity contribution in [3.63, 3.8) is 0 Å². The summed E-state index contributed by atoms with van der Waals surface area (Å²) < 4.78 is 45.4. The molecule has 0 aliphatic carbocycles. The highest BCUT2D eigenvalue weighted by molar-refractivity contribution is 6.31. The van der Waals surface area contributed by atoms with Gasteiger partial charge in [-0.3, -0.25) is 4.79 Å². The molecule has 0 saturated carbocycles. The smallest absolute Gasteiger partial charge is 0.255 e. The molecular formula is C39H38ClN3O9. The lowest BCUT2D eigenvalue weighted by atomic mass is 10.1. The van der Waals surface area contributed by atoms with E-state index in [2.05, 4.69) is 22.4 Å². The van der Waals surface area contributed by atoms with Gasteiger partial charge in [0.2, 0.25) is 5.75 Å². The average molecular weight is 728 g/mol. The largest absolute Gasteiger partial charge is 0.493 e. The van der Waals surface area contributed by atoms with E-state index in [-0.39, 0.29) is 12.5 Å². The molecule has 13 heteroatoms. The van der Waals surface area contributed by atoms with Gasteiger partial charge in [0.05, 0.1) is 47.7 Å². The summed E-state index contributed by atoms with van der Waals surface area (Å²) in [6.45, 7) is 4.73. The van der Waals surface area contributed by atoms with Gasteiger partial charge in [-0.2, -0.15) is 0 Å². The molecule has 1 aliphatic heterocycles. The maximum Gasteiger partial charge on any atom is 0.255 e. The first-order valence-corrected chi connectivity index (χ1v) is 16.6. The predicted molar refractivity (Wildman–Crippen MR) is 197 cm³/mol. The van der Waals surface area contributed by atoms with E-state index in [1.807, 2.05) is 36.4 Å². The summed E-state index contributed by atoms with van der Waals surface area (Å²) in [4.78, 5) is 12.7. The number of carbonyl (C=O) groups is 1. The van der Waals surface area contributed by atoms with Crippen LogP contribution in [0.3, 0.4) is 0 Å². The Morgan fingerprint density at radius 3 is 2.17 bits per heavy atom. The van der Waals surface area contributed by atoms with Gasteiger partial charge in [-0.1, -0.05) is 29.4 Å². The number of ether oxygens (including phenoxy) is 7. The third kappa shape index (κ3) is 7.66. The van der Waals surface area contributed by atoms with Crippen molar-refractivity contribution >= 4 is 23.2 Å². The van der Waals surface area contributed by atoms with Gasteiger partial charge in [0, 0.05) is 34.3 Å². The third-order valence-electron chi connectivity index (χ3n) is 8.39. The quantitative estimate of drug-likeness (QED) is 0.102. The van der Waals surface area contributed by atoms with E-state index in [0.717, 1.165) is 16.7 Å². The number of nitrogens with one attached hydrogen (secondary N) is 2. The lowest BCUT2D eigenvalue weighted by Gasteiger charge is -2.28. The predicted octanol–water partition coefficient (Wildman–Crippen LogP) is 7.96. The van der Waals surface area contributed by atoms with Crippen LogP contribution in [0.1, 0.15) is 28.5 Å². The first-order chi connectivity index (χ1) is 25.2. The normalized spacial score (nSPS) is 13.3. The number of fused-ring (bicyclic) bond motifs is 1. The zero-order valence-electron chi connectivity index (χ0n) is 29.3. The Kier molecular flexibility index (Phi) is 10.9. The minimum Gasteiger partial charge on any atom is -0.493 e. The number of carbonyl (C=O) groups excluding carboxylic acids is 1. The fourth-order valence-electron chi connectivity index (χ4n) is 5.66. The van der Waals surface area contributed by atoms with Crippen LogP contribution in [0.4, 0.5) is 5.69 Å². The van der Waals surface area contributed by atoms with Crippen molar-refractivity contribution in [1.29, 1.82) is 0 Å². The number of halogens is 1. The highest BCUT2D eigenvalue weighted by Gasteiger charge is 2.26. The minimum absolute atomic E-state index is 0.219. The number of methoxy groups -OCH3 is 5. The molecule has 1 atom stereocenters. The molecule has 4 aromatic carbocycles. The van der Waals surface area contributed by atoms with Crippen molar-refractivity contribution in [1.82, 2.24) is 10.5 Å². The summed E-state index contributed by atoms with van der Waals surface area (Å²) in [7, 11) is 7.81. The molecule has 0 spiro atoms. The minimum atomic E-state index is -0.459. The molecule has 0 radical (unpaired) electrons. The number of hydrogen-bond acceptors (Lipinski definition) is 11. The Balaban J connectivity index is 1.06. The molecule has 52 heavy (non-hydrogen) atoms. The highest BCUT2D eigenvalue weighted by atomic mass is 35.5. The fraction of sp³-hybridized carbons (Fsp3) is 0.231. The Hall–Kier alpha value is -6.01. The van der Waals surface area contributed by atoms with Gasteiger partial charge >= 0.3 is 0 Å². The number of anilines is 1. The van der Waals surface area contributed by atoms with E-state index in [1.165, 1.54) is 0 Å². The van der Waals surface area contributed by atoms with E-state index < -0.39 is 6.17 Å². The molecule has 12 nitrogen and oxygen atoms in total. The Morgan fingerprint density at radius 1 is 0.750 bits per heavy atom. The maximum absolute atomic E-state index is 12.7. The first kappa shape index (κ1) is 35.8. The number of nitrogens with zero attached hydrogens (tertiary/aromatic N) is 1. The second-order valence-electron chi connectivity index (χ2n) is 11.6. The van der Waals surface area contributed by atoms with Gasteiger partial charge in [0.25, 0.3) is 5.91 Å². The number of aromatic nitrogens is 1. The molecule has 2 N–H and O–H groups in total. The highest BCUT2D eigenvalue weighted by Crippen LogP contribution is 2.42. The molecule has 270 valence electrons. The van der Waals surface area contributed by atoms with E-state index >= 15 is 0 Å². The number of rotatable bonds is 15. The van der Waals surface area contributed by atoms with Crippen LogP contribution in [-0.4, -0.2) is 59.8 Å². The molecule has 6 rings (SSSR count). The van der Waals surface area contributed by atoms with Crippen molar-refractivity contribution in [2.24, 2.45) is 0 Å². The average Bonchev–Trinajstić information content (AvgIpc) is 3.67. The van der Waals surface area contributed by atoms with Gasteiger partial charge in [0.15, 0.2) is 40.3 Å². The van der Waals surface area contributed by atoms with E-state index in [9.17, 15) is 4.79 Å². The molecule has 0 fully saturated rings. The lowest BCUT2D eigenvalue weighted by Crippen LogP contribution is -2.38. The maximum atomic E-state index is 12.7.